The van der Waals surface area contributed by atoms with E-state index in [1.165, 1.54) is 30.9 Å². The van der Waals surface area contributed by atoms with Crippen LogP contribution in [0.1, 0.15) is 76.3 Å². The van der Waals surface area contributed by atoms with Gasteiger partial charge in [-0.3, -0.25) is 4.79 Å². The first kappa shape index (κ1) is 31.1. The molecule has 7 nitrogen and oxygen atoms in total. The lowest BCUT2D eigenvalue weighted by molar-refractivity contribution is -0.137. The van der Waals surface area contributed by atoms with E-state index in [2.05, 4.69) is 30.7 Å². The van der Waals surface area contributed by atoms with Crippen LogP contribution >= 0.6 is 11.3 Å². The number of aliphatic hydroxyl groups excluding tert-OH is 1. The minimum Gasteiger partial charge on any atom is -0.491 e. The van der Waals surface area contributed by atoms with Crippen molar-refractivity contribution in [2.45, 2.75) is 83.5 Å². The molecular weight excluding hydrogens is 486 g/mol. The number of rotatable bonds is 10. The van der Waals surface area contributed by atoms with E-state index in [0.29, 0.717) is 5.92 Å². The average molecular weight is 528 g/mol. The number of ether oxygens (including phenoxy) is 2. The van der Waals surface area contributed by atoms with Gasteiger partial charge in [0.25, 0.3) is 0 Å². The molecule has 3 N–H and O–H groups in total. The van der Waals surface area contributed by atoms with Crippen LogP contribution in [0.25, 0.3) is 0 Å². The van der Waals surface area contributed by atoms with Gasteiger partial charge in [-0.2, -0.15) is 0 Å². The van der Waals surface area contributed by atoms with Gasteiger partial charge >= 0.3 is 5.97 Å². The van der Waals surface area contributed by atoms with E-state index in [-0.39, 0.29) is 22.2 Å². The fourth-order valence-electron chi connectivity index (χ4n) is 3.22. The first-order valence-corrected chi connectivity index (χ1v) is 14.2. The fraction of sp³-hybridized carbons (Fsp3) is 0.577. The molecule has 0 fully saturated rings. The monoisotopic (exact) mass is 527 g/mol. The van der Waals surface area contributed by atoms with Crippen molar-refractivity contribution in [3.63, 3.8) is 0 Å². The van der Waals surface area contributed by atoms with E-state index in [4.69, 9.17) is 9.88 Å². The molecule has 2 rings (SSSR count). The molecule has 0 spiro atoms. The molecule has 1 aromatic carbocycles. The number of benzene rings is 1. The van der Waals surface area contributed by atoms with E-state index >= 15 is 0 Å². The Kier molecular flexibility index (Phi) is 12.4. The molecule has 0 aliphatic carbocycles. The van der Waals surface area contributed by atoms with Crippen LogP contribution in [0.5, 0.6) is 5.75 Å². The Labute approximate surface area is 214 Å². The highest BCUT2D eigenvalue weighted by atomic mass is 32.2. The SMILES string of the molecule is CCc1cc(CCC(CC)c2ccc(S(N)(=O)=O)s2)ccc1OCC(O)C(C)(C)C.COC(C)=O. The first-order valence-electron chi connectivity index (χ1n) is 11.8. The number of methoxy groups -OCH3 is 1. The lowest BCUT2D eigenvalue weighted by Crippen LogP contribution is -2.32. The molecule has 0 saturated heterocycles. The molecule has 2 aromatic rings. The van der Waals surface area contributed by atoms with Gasteiger partial charge in [-0.1, -0.05) is 46.8 Å². The molecule has 0 radical (unpaired) electrons. The van der Waals surface area contributed by atoms with E-state index in [1.807, 2.05) is 32.9 Å². The van der Waals surface area contributed by atoms with Gasteiger partial charge in [0.2, 0.25) is 10.0 Å². The van der Waals surface area contributed by atoms with E-state index in [9.17, 15) is 18.3 Å². The summed E-state index contributed by atoms with van der Waals surface area (Å²) in [7, 11) is -2.29. The zero-order chi connectivity index (χ0) is 26.8. The van der Waals surface area contributed by atoms with Gasteiger partial charge in [-0.25, -0.2) is 13.6 Å². The highest BCUT2D eigenvalue weighted by molar-refractivity contribution is 7.91. The third kappa shape index (κ3) is 10.7. The predicted molar refractivity (Wildman–Crippen MR) is 142 cm³/mol. The summed E-state index contributed by atoms with van der Waals surface area (Å²) in [4.78, 5) is 10.7. The maximum absolute atomic E-state index is 11.5. The Morgan fingerprint density at radius 1 is 1.17 bits per heavy atom. The summed E-state index contributed by atoms with van der Waals surface area (Å²) in [5.74, 6) is 0.881. The maximum Gasteiger partial charge on any atom is 0.302 e. The second-order valence-electron chi connectivity index (χ2n) is 9.53. The molecule has 0 amide bonds. The largest absolute Gasteiger partial charge is 0.491 e. The molecule has 2 atom stereocenters. The topological polar surface area (TPSA) is 116 Å². The Bertz CT molecular complexity index is 1040. The fourth-order valence-corrected chi connectivity index (χ4v) is 5.19. The Morgan fingerprint density at radius 3 is 2.26 bits per heavy atom. The summed E-state index contributed by atoms with van der Waals surface area (Å²) in [5, 5.41) is 15.5. The van der Waals surface area contributed by atoms with Crippen molar-refractivity contribution in [2.75, 3.05) is 13.7 Å². The van der Waals surface area contributed by atoms with Crippen LogP contribution in [0.4, 0.5) is 0 Å². The quantitative estimate of drug-likeness (QED) is 0.418. The zero-order valence-corrected chi connectivity index (χ0v) is 23.6. The number of nitrogens with two attached hydrogens (primary N) is 1. The van der Waals surface area contributed by atoms with Crippen LogP contribution in [0.2, 0.25) is 0 Å². The van der Waals surface area contributed by atoms with Crippen molar-refractivity contribution >= 4 is 27.3 Å². The van der Waals surface area contributed by atoms with Gasteiger partial charge in [0.1, 0.15) is 16.6 Å². The third-order valence-electron chi connectivity index (χ3n) is 5.75. The van der Waals surface area contributed by atoms with Gasteiger partial charge in [-0.15, -0.1) is 11.3 Å². The van der Waals surface area contributed by atoms with Gasteiger partial charge in [-0.05, 0) is 66.3 Å². The number of primary sulfonamides is 1. The van der Waals surface area contributed by atoms with Gasteiger partial charge in [0.15, 0.2) is 0 Å². The van der Waals surface area contributed by atoms with E-state index < -0.39 is 16.1 Å². The summed E-state index contributed by atoms with van der Waals surface area (Å²) in [5.41, 5.74) is 2.15. The molecule has 0 bridgehead atoms. The number of hydrogen-bond acceptors (Lipinski definition) is 7. The Balaban J connectivity index is 0.00000111. The van der Waals surface area contributed by atoms with Crippen molar-refractivity contribution in [1.82, 2.24) is 0 Å². The second kappa shape index (κ2) is 14.0. The molecule has 35 heavy (non-hydrogen) atoms. The van der Waals surface area contributed by atoms with Crippen molar-refractivity contribution in [2.24, 2.45) is 10.6 Å². The number of aryl methyl sites for hydroxylation is 2. The summed E-state index contributed by atoms with van der Waals surface area (Å²) < 4.78 is 33.3. The Hall–Kier alpha value is -1.94. The molecule has 0 aliphatic rings. The van der Waals surface area contributed by atoms with Crippen LogP contribution in [0.3, 0.4) is 0 Å². The highest BCUT2D eigenvalue weighted by Crippen LogP contribution is 2.33. The van der Waals surface area contributed by atoms with Crippen LogP contribution < -0.4 is 9.88 Å². The van der Waals surface area contributed by atoms with Crippen LogP contribution in [-0.4, -0.2) is 39.3 Å². The normalized spacial score (nSPS) is 13.4. The smallest absolute Gasteiger partial charge is 0.302 e. The summed E-state index contributed by atoms with van der Waals surface area (Å²) in [6.45, 7) is 11.8. The summed E-state index contributed by atoms with van der Waals surface area (Å²) in [6, 6.07) is 9.73. The number of carbonyl (C=O) groups excluding carboxylic acids is 1. The van der Waals surface area contributed by atoms with Crippen molar-refractivity contribution in [3.8, 4) is 5.75 Å². The molecular formula is C26H41NO6S2. The number of sulfonamides is 1. The minimum absolute atomic E-state index is 0.216. The first-order chi connectivity index (χ1) is 16.2. The van der Waals surface area contributed by atoms with E-state index in [1.54, 1.807) is 6.07 Å². The summed E-state index contributed by atoms with van der Waals surface area (Å²) in [6.07, 6.45) is 3.11. The lowest BCUT2D eigenvalue weighted by Gasteiger charge is -2.26. The molecule has 0 saturated carbocycles. The van der Waals surface area contributed by atoms with Crippen LogP contribution in [0.15, 0.2) is 34.5 Å². The number of hydrogen-bond donors (Lipinski definition) is 2. The molecule has 1 heterocycles. The predicted octanol–water partition coefficient (Wildman–Crippen LogP) is 5.05. The maximum atomic E-state index is 11.5. The lowest BCUT2D eigenvalue weighted by atomic mass is 9.90. The zero-order valence-electron chi connectivity index (χ0n) is 22.0. The number of aliphatic hydroxyl groups is 1. The van der Waals surface area contributed by atoms with Crippen molar-refractivity contribution in [1.29, 1.82) is 0 Å². The molecule has 0 aliphatic heterocycles. The minimum atomic E-state index is -3.64. The molecule has 198 valence electrons. The molecule has 1 aromatic heterocycles. The second-order valence-corrected chi connectivity index (χ2v) is 12.4. The van der Waals surface area contributed by atoms with Crippen molar-refractivity contribution < 1.29 is 27.8 Å². The number of carbonyl (C=O) groups is 1. The summed E-state index contributed by atoms with van der Waals surface area (Å²) >= 11 is 1.27. The standard InChI is InChI=1S/C23H35NO4S2.C3H6O2/c1-6-17(20-12-13-22(29-20)30(24,26)27)10-8-16-9-11-19(18(7-2)14-16)28-15-21(25)23(3,4)5;1-3(4)5-2/h9,11-14,17,21,25H,6-8,10,15H2,1-5H3,(H2,24,26,27);1-2H3. The number of esters is 1. The number of thiophene rings is 1. The highest BCUT2D eigenvalue weighted by Gasteiger charge is 2.23. The average Bonchev–Trinajstić information content (AvgIpc) is 3.28. The Morgan fingerprint density at radius 2 is 1.80 bits per heavy atom. The molecule has 9 heteroatoms. The molecule has 2 unspecified atom stereocenters. The van der Waals surface area contributed by atoms with Crippen LogP contribution in [-0.2, 0) is 32.4 Å². The van der Waals surface area contributed by atoms with Crippen molar-refractivity contribution in [3.05, 3.63) is 46.3 Å². The van der Waals surface area contributed by atoms with Gasteiger partial charge < -0.3 is 14.6 Å². The van der Waals surface area contributed by atoms with Gasteiger partial charge in [0, 0.05) is 11.8 Å². The van der Waals surface area contributed by atoms with Crippen LogP contribution in [0, 0.1) is 5.41 Å². The van der Waals surface area contributed by atoms with Gasteiger partial charge in [0.05, 0.1) is 13.2 Å². The third-order valence-corrected chi connectivity index (χ3v) is 8.44. The van der Waals surface area contributed by atoms with E-state index in [0.717, 1.165) is 41.9 Å².